The fraction of sp³-hybridized carbons (Fsp3) is 0.0909. The molecule has 0 unspecified atom stereocenters. The predicted molar refractivity (Wildman–Crippen MR) is 65.6 cm³/mol. The highest BCUT2D eigenvalue weighted by atomic mass is 16.7. The van der Waals surface area contributed by atoms with Gasteiger partial charge in [0, 0.05) is 23.8 Å². The van der Waals surface area contributed by atoms with Crippen LogP contribution in [-0.2, 0) is 9.63 Å². The summed E-state index contributed by atoms with van der Waals surface area (Å²) in [7, 11) is 0. The number of nitrogens with zero attached hydrogens (tertiary/aromatic N) is 2. The molecule has 0 saturated heterocycles. The Balaban J connectivity index is 2.38. The van der Waals surface area contributed by atoms with Crippen molar-refractivity contribution in [2.45, 2.75) is 0 Å². The molecule has 1 aromatic heterocycles. The number of rotatable bonds is 5. The van der Waals surface area contributed by atoms with Crippen LogP contribution in [-0.4, -0.2) is 27.6 Å². The van der Waals surface area contributed by atoms with Gasteiger partial charge in [-0.1, -0.05) is 0 Å². The molecule has 0 aliphatic heterocycles. The molecule has 0 atom stereocenters. The SMILES string of the molecule is O=C(O)CONc1ccc([N+](=O)[O-])c2cnccc12. The van der Waals surface area contributed by atoms with E-state index in [4.69, 9.17) is 9.94 Å². The average molecular weight is 263 g/mol. The van der Waals surface area contributed by atoms with Crippen molar-refractivity contribution < 1.29 is 19.7 Å². The molecule has 1 heterocycles. The Labute approximate surface area is 106 Å². The van der Waals surface area contributed by atoms with E-state index in [1.807, 2.05) is 0 Å². The maximum atomic E-state index is 10.9. The zero-order chi connectivity index (χ0) is 13.8. The molecule has 1 aromatic carbocycles. The highest BCUT2D eigenvalue weighted by Gasteiger charge is 2.14. The molecule has 19 heavy (non-hydrogen) atoms. The Morgan fingerprint density at radius 2 is 2.21 bits per heavy atom. The molecular weight excluding hydrogens is 254 g/mol. The Bertz CT molecular complexity index is 643. The summed E-state index contributed by atoms with van der Waals surface area (Å²) in [5.41, 5.74) is 2.81. The molecule has 8 nitrogen and oxygen atoms in total. The van der Waals surface area contributed by atoms with Gasteiger partial charge >= 0.3 is 5.97 Å². The lowest BCUT2D eigenvalue weighted by Crippen LogP contribution is -2.11. The third kappa shape index (κ3) is 2.75. The minimum Gasteiger partial charge on any atom is -0.479 e. The number of carboxylic acid groups (broad SMARTS) is 1. The van der Waals surface area contributed by atoms with Crippen LogP contribution in [0.2, 0.25) is 0 Å². The summed E-state index contributed by atoms with van der Waals surface area (Å²) in [6, 6.07) is 4.33. The molecule has 0 fully saturated rings. The Morgan fingerprint density at radius 3 is 2.89 bits per heavy atom. The molecule has 2 rings (SSSR count). The molecule has 0 saturated carbocycles. The molecule has 0 aliphatic rings. The van der Waals surface area contributed by atoms with E-state index < -0.39 is 17.5 Å². The number of nitro groups is 1. The van der Waals surface area contributed by atoms with Crippen LogP contribution >= 0.6 is 0 Å². The summed E-state index contributed by atoms with van der Waals surface area (Å²) in [5, 5.41) is 20.2. The van der Waals surface area contributed by atoms with Gasteiger partial charge in [-0.2, -0.15) is 0 Å². The zero-order valence-electron chi connectivity index (χ0n) is 9.57. The third-order valence-electron chi connectivity index (χ3n) is 2.37. The zero-order valence-corrected chi connectivity index (χ0v) is 9.57. The number of anilines is 1. The number of carbonyl (C=O) groups is 1. The number of aromatic nitrogens is 1. The first-order valence-corrected chi connectivity index (χ1v) is 5.20. The van der Waals surface area contributed by atoms with E-state index in [0.29, 0.717) is 16.5 Å². The van der Waals surface area contributed by atoms with E-state index in [2.05, 4.69) is 10.5 Å². The molecule has 2 N–H and O–H groups in total. The van der Waals surface area contributed by atoms with Crippen LogP contribution < -0.4 is 5.48 Å². The largest absolute Gasteiger partial charge is 0.479 e. The van der Waals surface area contributed by atoms with Crippen molar-refractivity contribution in [3.05, 3.63) is 40.7 Å². The van der Waals surface area contributed by atoms with Gasteiger partial charge in [0.1, 0.15) is 0 Å². The van der Waals surface area contributed by atoms with Gasteiger partial charge in [-0.15, -0.1) is 0 Å². The van der Waals surface area contributed by atoms with Gasteiger partial charge in [0.25, 0.3) is 5.69 Å². The van der Waals surface area contributed by atoms with Crippen molar-refractivity contribution >= 4 is 28.1 Å². The quantitative estimate of drug-likeness (QED) is 0.621. The topological polar surface area (TPSA) is 115 Å². The molecule has 0 spiro atoms. The minimum atomic E-state index is -1.12. The lowest BCUT2D eigenvalue weighted by Gasteiger charge is -2.08. The van der Waals surface area contributed by atoms with Gasteiger partial charge in [0.2, 0.25) is 0 Å². The fourth-order valence-corrected chi connectivity index (χ4v) is 1.60. The van der Waals surface area contributed by atoms with Gasteiger partial charge in [-0.25, -0.2) is 4.79 Å². The van der Waals surface area contributed by atoms with Crippen LogP contribution in [0.1, 0.15) is 0 Å². The number of pyridine rings is 1. The number of carboxylic acids is 1. The first kappa shape index (κ1) is 12.7. The van der Waals surface area contributed by atoms with Gasteiger partial charge in [0.15, 0.2) is 6.61 Å². The van der Waals surface area contributed by atoms with E-state index >= 15 is 0 Å². The second kappa shape index (κ2) is 5.27. The number of hydrogen-bond donors (Lipinski definition) is 2. The molecule has 0 amide bonds. The first-order valence-electron chi connectivity index (χ1n) is 5.20. The second-order valence-electron chi connectivity index (χ2n) is 3.60. The van der Waals surface area contributed by atoms with Crippen LogP contribution in [0, 0.1) is 10.1 Å². The van der Waals surface area contributed by atoms with E-state index in [-0.39, 0.29) is 5.69 Å². The van der Waals surface area contributed by atoms with Crippen molar-refractivity contribution in [3.8, 4) is 0 Å². The summed E-state index contributed by atoms with van der Waals surface area (Å²) in [6.45, 7) is -0.524. The number of nitrogens with one attached hydrogen (secondary N) is 1. The highest BCUT2D eigenvalue weighted by Crippen LogP contribution is 2.30. The van der Waals surface area contributed by atoms with Crippen LogP contribution in [0.5, 0.6) is 0 Å². The molecular formula is C11H9N3O5. The minimum absolute atomic E-state index is 0.0770. The molecule has 2 aromatic rings. The Hall–Kier alpha value is -2.74. The molecule has 98 valence electrons. The summed E-state index contributed by atoms with van der Waals surface area (Å²) in [4.78, 5) is 29.3. The lowest BCUT2D eigenvalue weighted by molar-refractivity contribution is -0.383. The second-order valence-corrected chi connectivity index (χ2v) is 3.60. The first-order chi connectivity index (χ1) is 9.09. The molecule has 0 bridgehead atoms. The summed E-state index contributed by atoms with van der Waals surface area (Å²) in [6.07, 6.45) is 2.85. The fourth-order valence-electron chi connectivity index (χ4n) is 1.60. The van der Waals surface area contributed by atoms with Gasteiger partial charge in [-0.3, -0.25) is 25.4 Å². The lowest BCUT2D eigenvalue weighted by atomic mass is 10.1. The number of aliphatic carboxylic acids is 1. The van der Waals surface area contributed by atoms with Gasteiger partial charge < -0.3 is 5.11 Å². The Kier molecular flexibility index (Phi) is 3.53. The van der Waals surface area contributed by atoms with Gasteiger partial charge in [0.05, 0.1) is 16.0 Å². The van der Waals surface area contributed by atoms with Crippen molar-refractivity contribution in [2.24, 2.45) is 0 Å². The predicted octanol–water partition coefficient (Wildman–Crippen LogP) is 1.57. The van der Waals surface area contributed by atoms with Crippen LogP contribution in [0.15, 0.2) is 30.6 Å². The number of non-ortho nitro benzene ring substituents is 1. The summed E-state index contributed by atoms with van der Waals surface area (Å²) in [5.74, 6) is -1.12. The smallest absolute Gasteiger partial charge is 0.332 e. The molecule has 0 radical (unpaired) electrons. The van der Waals surface area contributed by atoms with Crippen LogP contribution in [0.3, 0.4) is 0 Å². The average Bonchev–Trinajstić information content (AvgIpc) is 2.38. The van der Waals surface area contributed by atoms with Crippen molar-refractivity contribution in [2.75, 3.05) is 12.1 Å². The van der Waals surface area contributed by atoms with Crippen molar-refractivity contribution in [1.29, 1.82) is 0 Å². The number of fused-ring (bicyclic) bond motifs is 1. The summed E-state index contributed by atoms with van der Waals surface area (Å²) >= 11 is 0. The molecule has 0 aliphatic carbocycles. The van der Waals surface area contributed by atoms with Crippen molar-refractivity contribution in [1.82, 2.24) is 4.98 Å². The normalized spacial score (nSPS) is 10.3. The van der Waals surface area contributed by atoms with E-state index in [1.54, 1.807) is 6.07 Å². The van der Waals surface area contributed by atoms with E-state index in [9.17, 15) is 14.9 Å². The maximum absolute atomic E-state index is 10.9. The van der Waals surface area contributed by atoms with Gasteiger partial charge in [-0.05, 0) is 12.1 Å². The van der Waals surface area contributed by atoms with Crippen molar-refractivity contribution in [3.63, 3.8) is 0 Å². The Morgan fingerprint density at radius 1 is 1.42 bits per heavy atom. The van der Waals surface area contributed by atoms with E-state index in [0.717, 1.165) is 0 Å². The summed E-state index contributed by atoms with van der Waals surface area (Å²) < 4.78 is 0. The highest BCUT2D eigenvalue weighted by molar-refractivity contribution is 5.98. The molecule has 8 heteroatoms. The van der Waals surface area contributed by atoms with E-state index in [1.165, 1.54) is 24.5 Å². The maximum Gasteiger partial charge on any atom is 0.332 e. The standard InChI is InChI=1S/C11H9N3O5/c15-11(16)6-19-13-9-1-2-10(14(17)18)8-5-12-4-3-7(8)9/h1-5,13H,6H2,(H,15,16). The number of nitro benzene ring substituents is 1. The monoisotopic (exact) mass is 263 g/mol. The van der Waals surface area contributed by atoms with Crippen LogP contribution in [0.25, 0.3) is 10.8 Å². The van der Waals surface area contributed by atoms with Crippen LogP contribution in [0.4, 0.5) is 11.4 Å². The third-order valence-corrected chi connectivity index (χ3v) is 2.37. The number of hydrogen-bond acceptors (Lipinski definition) is 6. The number of benzene rings is 1.